The second-order valence-electron chi connectivity index (χ2n) is 4.18. The molecule has 2 N–H and O–H groups in total. The predicted molar refractivity (Wildman–Crippen MR) is 73.2 cm³/mol. The lowest BCUT2D eigenvalue weighted by Crippen LogP contribution is -2.15. The molecular formula is C13H15N5O. The molecule has 0 spiro atoms. The lowest BCUT2D eigenvalue weighted by Gasteiger charge is -2.06. The van der Waals surface area contributed by atoms with Crippen LogP contribution in [0.5, 0.6) is 0 Å². The fraction of sp³-hybridized carbons (Fsp3) is 0.231. The maximum absolute atomic E-state index is 12.0. The summed E-state index contributed by atoms with van der Waals surface area (Å²) in [5.41, 5.74) is 2.14. The van der Waals surface area contributed by atoms with Crippen LogP contribution in [0.3, 0.4) is 0 Å². The van der Waals surface area contributed by atoms with Crippen LogP contribution in [-0.2, 0) is 0 Å². The van der Waals surface area contributed by atoms with Crippen LogP contribution in [0.4, 0.5) is 11.6 Å². The van der Waals surface area contributed by atoms with Gasteiger partial charge in [0.05, 0.1) is 0 Å². The summed E-state index contributed by atoms with van der Waals surface area (Å²) in [5, 5.41) is 13.2. The van der Waals surface area contributed by atoms with Gasteiger partial charge < -0.3 is 10.6 Å². The number of amides is 1. The number of nitrogens with zero attached hydrogens (tertiary/aromatic N) is 3. The first-order chi connectivity index (χ1) is 9.08. The largest absolute Gasteiger partial charge is 0.372 e. The van der Waals surface area contributed by atoms with Gasteiger partial charge in [-0.15, -0.1) is 10.2 Å². The molecule has 2 aromatic heterocycles. The van der Waals surface area contributed by atoms with Crippen LogP contribution in [-0.4, -0.2) is 28.1 Å². The zero-order valence-corrected chi connectivity index (χ0v) is 11.1. The number of carbonyl (C=O) groups is 1. The Hall–Kier alpha value is -2.50. The van der Waals surface area contributed by atoms with E-state index in [0.717, 1.165) is 11.3 Å². The van der Waals surface area contributed by atoms with E-state index >= 15 is 0 Å². The van der Waals surface area contributed by atoms with Crippen LogP contribution >= 0.6 is 0 Å². The van der Waals surface area contributed by atoms with Gasteiger partial charge in [0.25, 0.3) is 5.91 Å². The molecule has 2 aromatic rings. The summed E-state index contributed by atoms with van der Waals surface area (Å²) in [6.07, 6.45) is 0. The van der Waals surface area contributed by atoms with E-state index in [4.69, 9.17) is 0 Å². The molecular weight excluding hydrogens is 242 g/mol. The van der Waals surface area contributed by atoms with Gasteiger partial charge >= 0.3 is 0 Å². The van der Waals surface area contributed by atoms with Crippen molar-refractivity contribution >= 4 is 17.5 Å². The van der Waals surface area contributed by atoms with Crippen LogP contribution < -0.4 is 10.6 Å². The molecule has 19 heavy (non-hydrogen) atoms. The van der Waals surface area contributed by atoms with Crippen LogP contribution in [0, 0.1) is 13.8 Å². The molecule has 6 heteroatoms. The second kappa shape index (κ2) is 5.43. The molecule has 0 atom stereocenters. The minimum absolute atomic E-state index is 0.250. The van der Waals surface area contributed by atoms with E-state index in [0.29, 0.717) is 11.6 Å². The van der Waals surface area contributed by atoms with Gasteiger partial charge in [0, 0.05) is 12.7 Å². The fourth-order valence-electron chi connectivity index (χ4n) is 1.67. The molecule has 98 valence electrons. The Kier molecular flexibility index (Phi) is 3.70. The quantitative estimate of drug-likeness (QED) is 0.876. The highest BCUT2D eigenvalue weighted by atomic mass is 16.2. The van der Waals surface area contributed by atoms with Crippen molar-refractivity contribution < 1.29 is 4.79 Å². The van der Waals surface area contributed by atoms with E-state index in [1.165, 1.54) is 0 Å². The van der Waals surface area contributed by atoms with Gasteiger partial charge in [0.1, 0.15) is 11.6 Å². The SMILES string of the molecule is CNc1ccc(C(=O)Nc2cc(C)cc(C)n2)nn1. The number of anilines is 2. The summed E-state index contributed by atoms with van der Waals surface area (Å²) in [7, 11) is 1.74. The number of aromatic nitrogens is 3. The second-order valence-corrected chi connectivity index (χ2v) is 4.18. The Morgan fingerprint density at radius 1 is 1.11 bits per heavy atom. The lowest BCUT2D eigenvalue weighted by molar-refractivity contribution is 0.102. The van der Waals surface area contributed by atoms with Crippen molar-refractivity contribution in [1.29, 1.82) is 0 Å². The van der Waals surface area contributed by atoms with Gasteiger partial charge in [-0.3, -0.25) is 4.79 Å². The molecule has 0 aliphatic carbocycles. The van der Waals surface area contributed by atoms with Crippen molar-refractivity contribution in [2.24, 2.45) is 0 Å². The number of rotatable bonds is 3. The Morgan fingerprint density at radius 2 is 1.89 bits per heavy atom. The lowest BCUT2D eigenvalue weighted by atomic mass is 10.2. The molecule has 6 nitrogen and oxygen atoms in total. The number of nitrogens with one attached hydrogen (secondary N) is 2. The van der Waals surface area contributed by atoms with Gasteiger partial charge in [-0.2, -0.15) is 0 Å². The van der Waals surface area contributed by atoms with E-state index in [9.17, 15) is 4.79 Å². The van der Waals surface area contributed by atoms with E-state index < -0.39 is 0 Å². The minimum atomic E-state index is -0.326. The molecule has 1 amide bonds. The highest BCUT2D eigenvalue weighted by molar-refractivity contribution is 6.02. The molecule has 0 bridgehead atoms. The van der Waals surface area contributed by atoms with E-state index in [2.05, 4.69) is 25.8 Å². The van der Waals surface area contributed by atoms with Crippen LogP contribution in [0.15, 0.2) is 24.3 Å². The Labute approximate surface area is 111 Å². The maximum atomic E-state index is 12.0. The van der Waals surface area contributed by atoms with Crippen molar-refractivity contribution in [3.05, 3.63) is 41.2 Å². The molecule has 0 radical (unpaired) electrons. The molecule has 0 aromatic carbocycles. The van der Waals surface area contributed by atoms with Crippen molar-refractivity contribution in [1.82, 2.24) is 15.2 Å². The van der Waals surface area contributed by atoms with E-state index in [1.807, 2.05) is 19.9 Å². The third kappa shape index (κ3) is 3.25. The van der Waals surface area contributed by atoms with Gasteiger partial charge in [-0.25, -0.2) is 4.98 Å². The van der Waals surface area contributed by atoms with E-state index in [1.54, 1.807) is 25.2 Å². The average molecular weight is 257 g/mol. The molecule has 0 unspecified atom stereocenters. The first-order valence-electron chi connectivity index (χ1n) is 5.86. The summed E-state index contributed by atoms with van der Waals surface area (Å²) >= 11 is 0. The number of hydrogen-bond donors (Lipinski definition) is 2. The fourth-order valence-corrected chi connectivity index (χ4v) is 1.67. The molecule has 2 rings (SSSR count). The Bertz CT molecular complexity index is 574. The third-order valence-corrected chi connectivity index (χ3v) is 2.49. The predicted octanol–water partition coefficient (Wildman–Crippen LogP) is 1.78. The molecule has 2 heterocycles. The van der Waals surface area contributed by atoms with Crippen molar-refractivity contribution in [3.8, 4) is 0 Å². The molecule has 0 aliphatic heterocycles. The Balaban J connectivity index is 2.15. The van der Waals surface area contributed by atoms with Gasteiger partial charge in [0.2, 0.25) is 0 Å². The van der Waals surface area contributed by atoms with Gasteiger partial charge in [0.15, 0.2) is 5.69 Å². The summed E-state index contributed by atoms with van der Waals surface area (Å²) in [4.78, 5) is 16.2. The topological polar surface area (TPSA) is 79.8 Å². The van der Waals surface area contributed by atoms with Crippen molar-refractivity contribution in [3.63, 3.8) is 0 Å². The Morgan fingerprint density at radius 3 is 2.47 bits per heavy atom. The van der Waals surface area contributed by atoms with Gasteiger partial charge in [-0.05, 0) is 43.7 Å². The number of aryl methyl sites for hydroxylation is 2. The van der Waals surface area contributed by atoms with Crippen molar-refractivity contribution in [2.45, 2.75) is 13.8 Å². The number of hydrogen-bond acceptors (Lipinski definition) is 5. The third-order valence-electron chi connectivity index (χ3n) is 2.49. The molecule has 0 fully saturated rings. The summed E-state index contributed by atoms with van der Waals surface area (Å²) in [5.74, 6) is 0.802. The maximum Gasteiger partial charge on any atom is 0.277 e. The number of pyridine rings is 1. The van der Waals surface area contributed by atoms with Crippen LogP contribution in [0.2, 0.25) is 0 Å². The monoisotopic (exact) mass is 257 g/mol. The average Bonchev–Trinajstić information content (AvgIpc) is 2.37. The summed E-state index contributed by atoms with van der Waals surface area (Å²) < 4.78 is 0. The van der Waals surface area contributed by atoms with Crippen molar-refractivity contribution in [2.75, 3.05) is 17.7 Å². The highest BCUT2D eigenvalue weighted by Gasteiger charge is 2.09. The normalized spacial score (nSPS) is 10.1. The van der Waals surface area contributed by atoms with Gasteiger partial charge in [-0.1, -0.05) is 0 Å². The first kappa shape index (κ1) is 12.9. The first-order valence-corrected chi connectivity index (χ1v) is 5.86. The summed E-state index contributed by atoms with van der Waals surface area (Å²) in [6.45, 7) is 3.83. The minimum Gasteiger partial charge on any atom is -0.372 e. The molecule has 0 saturated carbocycles. The van der Waals surface area contributed by atoms with Crippen LogP contribution in [0.25, 0.3) is 0 Å². The smallest absolute Gasteiger partial charge is 0.277 e. The molecule has 0 saturated heterocycles. The standard InChI is InChI=1S/C13H15N5O/c1-8-6-9(2)15-12(7-8)16-13(19)10-4-5-11(14-3)18-17-10/h4-7H,1-3H3,(H,14,18)(H,15,16,19). The number of carbonyl (C=O) groups excluding carboxylic acids is 1. The zero-order chi connectivity index (χ0) is 13.8. The van der Waals surface area contributed by atoms with Crippen LogP contribution in [0.1, 0.15) is 21.7 Å². The zero-order valence-electron chi connectivity index (χ0n) is 11.1. The molecule has 0 aliphatic rings. The summed E-state index contributed by atoms with van der Waals surface area (Å²) in [6, 6.07) is 7.05. The van der Waals surface area contributed by atoms with E-state index in [-0.39, 0.29) is 11.6 Å². The highest BCUT2D eigenvalue weighted by Crippen LogP contribution is 2.10.